The summed E-state index contributed by atoms with van der Waals surface area (Å²) in [7, 11) is -2.04. The molecule has 0 amide bonds. The Labute approximate surface area is 131 Å². The van der Waals surface area contributed by atoms with Gasteiger partial charge in [0.15, 0.2) is 0 Å². The van der Waals surface area contributed by atoms with E-state index in [0.29, 0.717) is 11.3 Å². The van der Waals surface area contributed by atoms with Crippen LogP contribution in [0.25, 0.3) is 0 Å². The molecule has 0 radical (unpaired) electrons. The first-order chi connectivity index (χ1) is 10.3. The Morgan fingerprint density at radius 3 is 2.36 bits per heavy atom. The molecule has 1 aromatic heterocycles. The van der Waals surface area contributed by atoms with Crippen molar-refractivity contribution in [2.45, 2.75) is 31.7 Å². The summed E-state index contributed by atoms with van der Waals surface area (Å²) in [5.74, 6) is 0.679. The highest BCUT2D eigenvalue weighted by molar-refractivity contribution is 7.89. The van der Waals surface area contributed by atoms with Gasteiger partial charge in [-0.1, -0.05) is 0 Å². The second-order valence-electron chi connectivity index (χ2n) is 5.21. The fourth-order valence-electron chi connectivity index (χ4n) is 2.29. The van der Waals surface area contributed by atoms with Crippen molar-refractivity contribution in [2.24, 2.45) is 0 Å². The van der Waals surface area contributed by atoms with Gasteiger partial charge < -0.3 is 4.74 Å². The number of benzene rings is 1. The number of pyridine rings is 1. The molecule has 0 aliphatic rings. The Balaban J connectivity index is 2.33. The molecule has 5 nitrogen and oxygen atoms in total. The summed E-state index contributed by atoms with van der Waals surface area (Å²) in [6, 6.07) is 6.62. The molecule has 1 unspecified atom stereocenters. The molecule has 0 spiro atoms. The molecule has 118 valence electrons. The van der Waals surface area contributed by atoms with E-state index in [4.69, 9.17) is 4.74 Å². The molecule has 1 atom stereocenters. The van der Waals surface area contributed by atoms with Gasteiger partial charge in [-0.05, 0) is 61.7 Å². The zero-order valence-electron chi connectivity index (χ0n) is 13.1. The third kappa shape index (κ3) is 3.45. The SMILES string of the molecule is COc1cc(C)c(S(=O)(=O)NC(C)c2ccncc2)cc1C. The third-order valence-electron chi connectivity index (χ3n) is 3.52. The zero-order chi connectivity index (χ0) is 16.3. The average Bonchev–Trinajstić information content (AvgIpc) is 2.49. The summed E-state index contributed by atoms with van der Waals surface area (Å²) in [5.41, 5.74) is 2.29. The fourth-order valence-corrected chi connectivity index (χ4v) is 3.83. The van der Waals surface area contributed by atoms with E-state index >= 15 is 0 Å². The first-order valence-electron chi connectivity index (χ1n) is 6.92. The van der Waals surface area contributed by atoms with Crippen LogP contribution in [0.1, 0.15) is 29.7 Å². The molecule has 0 aliphatic heterocycles. The zero-order valence-corrected chi connectivity index (χ0v) is 13.9. The molecular weight excluding hydrogens is 300 g/mol. The smallest absolute Gasteiger partial charge is 0.241 e. The van der Waals surface area contributed by atoms with E-state index in [9.17, 15) is 8.42 Å². The van der Waals surface area contributed by atoms with Crippen molar-refractivity contribution < 1.29 is 13.2 Å². The lowest BCUT2D eigenvalue weighted by molar-refractivity contribution is 0.411. The maximum atomic E-state index is 12.6. The van der Waals surface area contributed by atoms with E-state index in [2.05, 4.69) is 9.71 Å². The molecule has 1 heterocycles. The number of aryl methyl sites for hydroxylation is 2. The number of hydrogen-bond acceptors (Lipinski definition) is 4. The number of hydrogen-bond donors (Lipinski definition) is 1. The number of aromatic nitrogens is 1. The van der Waals surface area contributed by atoms with Gasteiger partial charge in [0, 0.05) is 18.4 Å². The Morgan fingerprint density at radius 2 is 1.77 bits per heavy atom. The van der Waals surface area contributed by atoms with Crippen LogP contribution < -0.4 is 9.46 Å². The molecule has 1 N–H and O–H groups in total. The van der Waals surface area contributed by atoms with Crippen LogP contribution in [0, 0.1) is 13.8 Å². The van der Waals surface area contributed by atoms with Crippen LogP contribution in [0.2, 0.25) is 0 Å². The Bertz CT molecular complexity index is 758. The Hall–Kier alpha value is -1.92. The van der Waals surface area contributed by atoms with Crippen molar-refractivity contribution in [3.63, 3.8) is 0 Å². The van der Waals surface area contributed by atoms with Crippen LogP contribution in [0.5, 0.6) is 5.75 Å². The monoisotopic (exact) mass is 320 g/mol. The topological polar surface area (TPSA) is 68.3 Å². The number of nitrogens with one attached hydrogen (secondary N) is 1. The fraction of sp³-hybridized carbons (Fsp3) is 0.312. The highest BCUT2D eigenvalue weighted by Crippen LogP contribution is 2.26. The van der Waals surface area contributed by atoms with Crippen LogP contribution in [0.4, 0.5) is 0 Å². The van der Waals surface area contributed by atoms with Crippen LogP contribution in [0.3, 0.4) is 0 Å². The largest absolute Gasteiger partial charge is 0.496 e. The van der Waals surface area contributed by atoms with Crippen molar-refractivity contribution >= 4 is 10.0 Å². The summed E-state index contributed by atoms with van der Waals surface area (Å²) in [6.45, 7) is 5.38. The molecule has 0 aliphatic carbocycles. The van der Waals surface area contributed by atoms with Crippen molar-refractivity contribution in [1.82, 2.24) is 9.71 Å². The summed E-state index contributed by atoms with van der Waals surface area (Å²) >= 11 is 0. The predicted octanol–water partition coefficient (Wildman–Crippen LogP) is 2.75. The van der Waals surface area contributed by atoms with Crippen LogP contribution >= 0.6 is 0 Å². The lowest BCUT2D eigenvalue weighted by Crippen LogP contribution is -2.27. The van der Waals surface area contributed by atoms with E-state index in [-0.39, 0.29) is 10.9 Å². The van der Waals surface area contributed by atoms with Gasteiger partial charge in [-0.3, -0.25) is 4.98 Å². The quantitative estimate of drug-likeness (QED) is 0.920. The summed E-state index contributed by atoms with van der Waals surface area (Å²) in [4.78, 5) is 4.21. The Kier molecular flexibility index (Phi) is 4.83. The molecule has 0 bridgehead atoms. The van der Waals surface area contributed by atoms with E-state index in [0.717, 1.165) is 11.1 Å². The normalized spacial score (nSPS) is 12.9. The summed E-state index contributed by atoms with van der Waals surface area (Å²) in [6.07, 6.45) is 3.28. The average molecular weight is 320 g/mol. The van der Waals surface area contributed by atoms with Crippen molar-refractivity contribution in [3.8, 4) is 5.75 Å². The molecule has 0 saturated carbocycles. The minimum Gasteiger partial charge on any atom is -0.496 e. The van der Waals surface area contributed by atoms with E-state index in [1.807, 2.05) is 6.92 Å². The number of sulfonamides is 1. The number of rotatable bonds is 5. The second-order valence-corrected chi connectivity index (χ2v) is 6.89. The van der Waals surface area contributed by atoms with E-state index < -0.39 is 10.0 Å². The molecule has 2 rings (SSSR count). The molecule has 0 fully saturated rings. The number of methoxy groups -OCH3 is 1. The Morgan fingerprint density at radius 1 is 1.14 bits per heavy atom. The lowest BCUT2D eigenvalue weighted by atomic mass is 10.1. The first-order valence-corrected chi connectivity index (χ1v) is 8.41. The van der Waals surface area contributed by atoms with Gasteiger partial charge in [0.05, 0.1) is 12.0 Å². The maximum absolute atomic E-state index is 12.6. The highest BCUT2D eigenvalue weighted by Gasteiger charge is 2.21. The van der Waals surface area contributed by atoms with Gasteiger partial charge in [0.25, 0.3) is 0 Å². The van der Waals surface area contributed by atoms with Gasteiger partial charge in [0.2, 0.25) is 10.0 Å². The summed E-state index contributed by atoms with van der Waals surface area (Å²) < 4.78 is 33.2. The van der Waals surface area contributed by atoms with Crippen molar-refractivity contribution in [3.05, 3.63) is 53.3 Å². The number of ether oxygens (including phenoxy) is 1. The minimum atomic E-state index is -3.61. The molecular formula is C16H20N2O3S. The molecule has 6 heteroatoms. The first kappa shape index (κ1) is 16.5. The van der Waals surface area contributed by atoms with Gasteiger partial charge in [-0.15, -0.1) is 0 Å². The number of nitrogens with zero attached hydrogens (tertiary/aromatic N) is 1. The van der Waals surface area contributed by atoms with Crippen LogP contribution in [-0.2, 0) is 10.0 Å². The molecule has 22 heavy (non-hydrogen) atoms. The minimum absolute atomic E-state index is 0.270. The van der Waals surface area contributed by atoms with Crippen LogP contribution in [0.15, 0.2) is 41.6 Å². The standard InChI is InChI=1S/C16H20N2O3S/c1-11-10-16(12(2)9-15(11)21-4)22(19,20)18-13(3)14-5-7-17-8-6-14/h5-10,13,18H,1-4H3. The van der Waals surface area contributed by atoms with E-state index in [1.54, 1.807) is 57.6 Å². The summed E-state index contributed by atoms with van der Waals surface area (Å²) in [5, 5.41) is 0. The maximum Gasteiger partial charge on any atom is 0.241 e. The third-order valence-corrected chi connectivity index (χ3v) is 5.20. The van der Waals surface area contributed by atoms with Crippen molar-refractivity contribution in [1.29, 1.82) is 0 Å². The lowest BCUT2D eigenvalue weighted by Gasteiger charge is -2.17. The van der Waals surface area contributed by atoms with Crippen LogP contribution in [-0.4, -0.2) is 20.5 Å². The second kappa shape index (κ2) is 6.46. The van der Waals surface area contributed by atoms with Crippen molar-refractivity contribution in [2.75, 3.05) is 7.11 Å². The predicted molar refractivity (Wildman–Crippen MR) is 85.4 cm³/mol. The molecule has 2 aromatic rings. The van der Waals surface area contributed by atoms with Gasteiger partial charge in [-0.25, -0.2) is 13.1 Å². The molecule has 0 saturated heterocycles. The van der Waals surface area contributed by atoms with Gasteiger partial charge >= 0.3 is 0 Å². The van der Waals surface area contributed by atoms with E-state index in [1.165, 1.54) is 0 Å². The highest BCUT2D eigenvalue weighted by atomic mass is 32.2. The van der Waals surface area contributed by atoms with Gasteiger partial charge in [0.1, 0.15) is 5.75 Å². The van der Waals surface area contributed by atoms with Gasteiger partial charge in [-0.2, -0.15) is 0 Å². The molecule has 1 aromatic carbocycles.